The molecule has 0 radical (unpaired) electrons. The summed E-state index contributed by atoms with van der Waals surface area (Å²) >= 11 is 0. The topological polar surface area (TPSA) is 53.1 Å². The smallest absolute Gasteiger partial charge is 0.107 e. The number of hydrogen-bond acceptors (Lipinski definition) is 3. The van der Waals surface area contributed by atoms with Crippen molar-refractivity contribution >= 4 is 16.7 Å². The van der Waals surface area contributed by atoms with Crippen LogP contribution in [0.2, 0.25) is 0 Å². The highest BCUT2D eigenvalue weighted by atomic mass is 16.5. The predicted octanol–water partition coefficient (Wildman–Crippen LogP) is 1.89. The van der Waals surface area contributed by atoms with Crippen molar-refractivity contribution in [2.24, 2.45) is 0 Å². The number of aryl methyl sites for hydroxylation is 1. The van der Waals surface area contributed by atoms with Gasteiger partial charge in [0.2, 0.25) is 0 Å². The Morgan fingerprint density at radius 3 is 3.12 bits per heavy atom. The number of ether oxygens (including phenoxy) is 1. The molecule has 16 heavy (non-hydrogen) atoms. The van der Waals surface area contributed by atoms with Crippen molar-refractivity contribution in [3.05, 3.63) is 24.0 Å². The van der Waals surface area contributed by atoms with E-state index in [9.17, 15) is 0 Å². The monoisotopic (exact) mass is 217 g/mol. The predicted molar refractivity (Wildman–Crippen MR) is 63.4 cm³/mol. The van der Waals surface area contributed by atoms with Gasteiger partial charge in [0.25, 0.3) is 0 Å². The molecule has 3 rings (SSSR count). The molecule has 0 aliphatic carbocycles. The second-order valence-corrected chi connectivity index (χ2v) is 4.29. The Morgan fingerprint density at radius 1 is 1.50 bits per heavy atom. The fourth-order valence-electron chi connectivity index (χ4n) is 2.42. The van der Waals surface area contributed by atoms with Gasteiger partial charge in [0.1, 0.15) is 5.82 Å². The second kappa shape index (κ2) is 3.49. The fraction of sp³-hybridized carbons (Fsp3) is 0.417. The minimum absolute atomic E-state index is 0.425. The van der Waals surface area contributed by atoms with E-state index in [1.807, 2.05) is 25.1 Å². The number of fused-ring (bicyclic) bond motifs is 1. The quantitative estimate of drug-likeness (QED) is 0.742. The van der Waals surface area contributed by atoms with E-state index in [2.05, 4.69) is 9.55 Å². The van der Waals surface area contributed by atoms with Crippen LogP contribution in [0.5, 0.6) is 0 Å². The number of nitrogens with zero attached hydrogens (tertiary/aromatic N) is 2. The normalized spacial score (nSPS) is 20.7. The van der Waals surface area contributed by atoms with Crippen LogP contribution in [0.25, 0.3) is 11.0 Å². The van der Waals surface area contributed by atoms with Crippen molar-refractivity contribution in [2.45, 2.75) is 19.4 Å². The molecular weight excluding hydrogens is 202 g/mol. The molecule has 4 heteroatoms. The summed E-state index contributed by atoms with van der Waals surface area (Å²) in [5, 5.41) is 0. The van der Waals surface area contributed by atoms with Crippen molar-refractivity contribution in [1.29, 1.82) is 0 Å². The first-order valence-corrected chi connectivity index (χ1v) is 5.57. The van der Waals surface area contributed by atoms with E-state index in [0.717, 1.165) is 42.2 Å². The van der Waals surface area contributed by atoms with Gasteiger partial charge in [0, 0.05) is 12.3 Å². The summed E-state index contributed by atoms with van der Waals surface area (Å²) in [6.07, 6.45) is 1.07. The van der Waals surface area contributed by atoms with Crippen molar-refractivity contribution in [3.63, 3.8) is 0 Å². The minimum atomic E-state index is 0.425. The van der Waals surface area contributed by atoms with Crippen molar-refractivity contribution < 1.29 is 4.74 Å². The Bertz CT molecular complexity index is 526. The highest BCUT2D eigenvalue weighted by Crippen LogP contribution is 2.27. The number of nitrogen functional groups attached to an aromatic ring is 1. The summed E-state index contributed by atoms with van der Waals surface area (Å²) in [4.78, 5) is 4.55. The molecule has 1 unspecified atom stereocenters. The Balaban J connectivity index is 2.18. The summed E-state index contributed by atoms with van der Waals surface area (Å²) in [5.74, 6) is 1.04. The zero-order valence-corrected chi connectivity index (χ0v) is 9.31. The fourth-order valence-corrected chi connectivity index (χ4v) is 2.42. The Labute approximate surface area is 94.0 Å². The standard InChI is InChI=1S/C12H15N3O/c1-8-14-11-6-9(13)2-3-12(11)15(8)10-4-5-16-7-10/h2-3,6,10H,4-5,7,13H2,1H3. The van der Waals surface area contributed by atoms with Crippen LogP contribution >= 0.6 is 0 Å². The maximum Gasteiger partial charge on any atom is 0.107 e. The molecule has 0 saturated carbocycles. The van der Waals surface area contributed by atoms with Crippen LogP contribution in [0.3, 0.4) is 0 Å². The molecular formula is C12H15N3O. The first-order chi connectivity index (χ1) is 7.75. The second-order valence-electron chi connectivity index (χ2n) is 4.29. The molecule has 1 aromatic heterocycles. The SMILES string of the molecule is Cc1nc2cc(N)ccc2n1C1CCOC1. The van der Waals surface area contributed by atoms with Crippen molar-refractivity contribution in [1.82, 2.24) is 9.55 Å². The van der Waals surface area contributed by atoms with Gasteiger partial charge in [-0.25, -0.2) is 4.98 Å². The van der Waals surface area contributed by atoms with Crippen LogP contribution < -0.4 is 5.73 Å². The number of hydrogen-bond donors (Lipinski definition) is 1. The highest BCUT2D eigenvalue weighted by molar-refractivity contribution is 5.79. The third-order valence-corrected chi connectivity index (χ3v) is 3.16. The number of anilines is 1. The molecule has 1 aliphatic rings. The number of benzene rings is 1. The van der Waals surface area contributed by atoms with Gasteiger partial charge in [-0.2, -0.15) is 0 Å². The van der Waals surface area contributed by atoms with E-state index in [4.69, 9.17) is 10.5 Å². The summed E-state index contributed by atoms with van der Waals surface area (Å²) < 4.78 is 7.70. The molecule has 84 valence electrons. The number of aromatic nitrogens is 2. The van der Waals surface area contributed by atoms with E-state index >= 15 is 0 Å². The molecule has 1 aromatic carbocycles. The molecule has 2 aromatic rings. The zero-order valence-electron chi connectivity index (χ0n) is 9.31. The summed E-state index contributed by atoms with van der Waals surface area (Å²) in [6, 6.07) is 6.32. The lowest BCUT2D eigenvalue weighted by molar-refractivity contribution is 0.187. The first kappa shape index (κ1) is 9.66. The molecule has 0 amide bonds. The van der Waals surface area contributed by atoms with Crippen LogP contribution in [0, 0.1) is 6.92 Å². The van der Waals surface area contributed by atoms with Crippen LogP contribution in [0.1, 0.15) is 18.3 Å². The lowest BCUT2D eigenvalue weighted by Crippen LogP contribution is -2.10. The summed E-state index contributed by atoms with van der Waals surface area (Å²) in [5.41, 5.74) is 8.66. The van der Waals surface area contributed by atoms with E-state index in [1.165, 1.54) is 0 Å². The molecule has 0 spiro atoms. The Hall–Kier alpha value is -1.55. The number of nitrogens with two attached hydrogens (primary N) is 1. The van der Waals surface area contributed by atoms with E-state index in [-0.39, 0.29) is 0 Å². The molecule has 1 saturated heterocycles. The highest BCUT2D eigenvalue weighted by Gasteiger charge is 2.21. The van der Waals surface area contributed by atoms with Gasteiger partial charge in [-0.1, -0.05) is 0 Å². The Kier molecular flexibility index (Phi) is 2.11. The van der Waals surface area contributed by atoms with Gasteiger partial charge in [-0.05, 0) is 31.5 Å². The third kappa shape index (κ3) is 1.38. The van der Waals surface area contributed by atoms with E-state index in [1.54, 1.807) is 0 Å². The molecule has 1 aliphatic heterocycles. The van der Waals surface area contributed by atoms with E-state index < -0.39 is 0 Å². The van der Waals surface area contributed by atoms with Crippen LogP contribution in [0.15, 0.2) is 18.2 Å². The van der Waals surface area contributed by atoms with Gasteiger partial charge in [0.05, 0.1) is 23.7 Å². The lowest BCUT2D eigenvalue weighted by atomic mass is 10.2. The largest absolute Gasteiger partial charge is 0.399 e. The first-order valence-electron chi connectivity index (χ1n) is 5.57. The molecule has 1 atom stereocenters. The maximum atomic E-state index is 5.76. The lowest BCUT2D eigenvalue weighted by Gasteiger charge is -2.13. The van der Waals surface area contributed by atoms with E-state index in [0.29, 0.717) is 6.04 Å². The minimum Gasteiger partial charge on any atom is -0.399 e. The van der Waals surface area contributed by atoms with Gasteiger partial charge in [0.15, 0.2) is 0 Å². The van der Waals surface area contributed by atoms with Crippen LogP contribution in [-0.2, 0) is 4.74 Å². The maximum absolute atomic E-state index is 5.76. The molecule has 1 fully saturated rings. The number of imidazole rings is 1. The van der Waals surface area contributed by atoms with Gasteiger partial charge < -0.3 is 15.0 Å². The molecule has 2 heterocycles. The molecule has 2 N–H and O–H groups in total. The summed E-state index contributed by atoms with van der Waals surface area (Å²) in [6.45, 7) is 3.67. The zero-order chi connectivity index (χ0) is 11.1. The molecule has 0 bridgehead atoms. The number of rotatable bonds is 1. The summed E-state index contributed by atoms with van der Waals surface area (Å²) in [7, 11) is 0. The average Bonchev–Trinajstić information content (AvgIpc) is 2.83. The van der Waals surface area contributed by atoms with Crippen molar-refractivity contribution in [2.75, 3.05) is 18.9 Å². The van der Waals surface area contributed by atoms with Gasteiger partial charge in [-0.3, -0.25) is 0 Å². The van der Waals surface area contributed by atoms with Crippen LogP contribution in [0.4, 0.5) is 5.69 Å². The third-order valence-electron chi connectivity index (χ3n) is 3.16. The molecule has 4 nitrogen and oxygen atoms in total. The van der Waals surface area contributed by atoms with Gasteiger partial charge >= 0.3 is 0 Å². The average molecular weight is 217 g/mol. The van der Waals surface area contributed by atoms with Gasteiger partial charge in [-0.15, -0.1) is 0 Å². The van der Waals surface area contributed by atoms with Crippen LogP contribution in [-0.4, -0.2) is 22.8 Å². The Morgan fingerprint density at radius 2 is 2.38 bits per heavy atom. The van der Waals surface area contributed by atoms with Crippen molar-refractivity contribution in [3.8, 4) is 0 Å².